The molecule has 2 heterocycles. The van der Waals surface area contributed by atoms with Crippen LogP contribution in [0.3, 0.4) is 0 Å². The summed E-state index contributed by atoms with van der Waals surface area (Å²) >= 11 is 1.47. The first-order valence-corrected chi connectivity index (χ1v) is 15.1. The molecule has 0 aliphatic carbocycles. The minimum atomic E-state index is -3.59. The quantitative estimate of drug-likeness (QED) is 0.284. The number of nitrogens with zero attached hydrogens (tertiary/aromatic N) is 3. The third kappa shape index (κ3) is 5.45. The number of sulfonamides is 1. The maximum absolute atomic E-state index is 13.9. The Labute approximate surface area is 227 Å². The number of amides is 1. The van der Waals surface area contributed by atoms with E-state index >= 15 is 0 Å². The fourth-order valence-corrected chi connectivity index (χ4v) is 7.19. The molecule has 0 radical (unpaired) electrons. The van der Waals surface area contributed by atoms with Crippen molar-refractivity contribution in [3.63, 3.8) is 0 Å². The molecular weight excluding hydrogens is 518 g/mol. The van der Waals surface area contributed by atoms with Gasteiger partial charge in [0.1, 0.15) is 11.3 Å². The van der Waals surface area contributed by atoms with E-state index in [-0.39, 0.29) is 16.7 Å². The standard InChI is InChI=1S/C29H31N3O4S2/c1-3-36-25-10-7-11-26-27(25)30-29(37-26)32(20-22-8-5-4-6-9-22)28(33)23-16-18-31(19-17-23)38(34,35)24-14-12-21(2)13-15-24/h4-15,23H,3,16-20H2,1-2H3. The molecule has 0 bridgehead atoms. The molecule has 198 valence electrons. The van der Waals surface area contributed by atoms with E-state index in [1.165, 1.54) is 15.6 Å². The first-order valence-electron chi connectivity index (χ1n) is 12.8. The van der Waals surface area contributed by atoms with E-state index in [2.05, 4.69) is 0 Å². The smallest absolute Gasteiger partial charge is 0.243 e. The number of aromatic nitrogens is 1. The number of hydrogen-bond donors (Lipinski definition) is 0. The highest BCUT2D eigenvalue weighted by molar-refractivity contribution is 7.89. The van der Waals surface area contributed by atoms with Crippen LogP contribution in [-0.4, -0.2) is 43.3 Å². The lowest BCUT2D eigenvalue weighted by Gasteiger charge is -2.33. The Kier molecular flexibility index (Phi) is 7.78. The molecule has 1 aliphatic rings. The van der Waals surface area contributed by atoms with Gasteiger partial charge in [-0.05, 0) is 56.5 Å². The number of piperidine rings is 1. The summed E-state index contributed by atoms with van der Waals surface area (Å²) < 4.78 is 34.6. The van der Waals surface area contributed by atoms with Crippen LogP contribution >= 0.6 is 11.3 Å². The second kappa shape index (κ2) is 11.2. The molecule has 4 aromatic rings. The number of benzene rings is 3. The van der Waals surface area contributed by atoms with Gasteiger partial charge in [-0.15, -0.1) is 0 Å². The summed E-state index contributed by atoms with van der Waals surface area (Å²) in [5, 5.41) is 0.621. The van der Waals surface area contributed by atoms with Crippen LogP contribution in [0.25, 0.3) is 10.2 Å². The number of carbonyl (C=O) groups is 1. The van der Waals surface area contributed by atoms with Crippen LogP contribution in [-0.2, 0) is 21.4 Å². The maximum atomic E-state index is 13.9. The van der Waals surface area contributed by atoms with Crippen molar-refractivity contribution in [2.45, 2.75) is 38.1 Å². The SMILES string of the molecule is CCOc1cccc2sc(N(Cc3ccccc3)C(=O)C3CCN(S(=O)(=O)c4ccc(C)cc4)CC3)nc12. The summed E-state index contributed by atoms with van der Waals surface area (Å²) in [7, 11) is -3.59. The van der Waals surface area contributed by atoms with Crippen molar-refractivity contribution in [1.29, 1.82) is 0 Å². The molecule has 1 aliphatic heterocycles. The van der Waals surface area contributed by atoms with E-state index in [4.69, 9.17) is 9.72 Å². The average molecular weight is 550 g/mol. The third-order valence-electron chi connectivity index (χ3n) is 6.81. The van der Waals surface area contributed by atoms with Crippen molar-refractivity contribution in [2.75, 3.05) is 24.6 Å². The molecule has 0 atom stereocenters. The van der Waals surface area contributed by atoms with E-state index in [9.17, 15) is 13.2 Å². The van der Waals surface area contributed by atoms with E-state index in [1.807, 2.05) is 62.4 Å². The van der Waals surface area contributed by atoms with E-state index in [1.54, 1.807) is 29.2 Å². The van der Waals surface area contributed by atoms with Crippen molar-refractivity contribution < 1.29 is 17.9 Å². The highest BCUT2D eigenvalue weighted by Crippen LogP contribution is 2.36. The van der Waals surface area contributed by atoms with Gasteiger partial charge >= 0.3 is 0 Å². The minimum Gasteiger partial charge on any atom is -0.492 e. The zero-order valence-electron chi connectivity index (χ0n) is 21.5. The summed E-state index contributed by atoms with van der Waals surface area (Å²) in [6.07, 6.45) is 0.925. The van der Waals surface area contributed by atoms with Gasteiger partial charge in [-0.25, -0.2) is 13.4 Å². The van der Waals surface area contributed by atoms with Gasteiger partial charge in [-0.2, -0.15) is 4.31 Å². The molecule has 1 amide bonds. The van der Waals surface area contributed by atoms with Gasteiger partial charge in [-0.3, -0.25) is 9.69 Å². The molecule has 0 unspecified atom stereocenters. The third-order valence-corrected chi connectivity index (χ3v) is 9.77. The molecule has 7 nitrogen and oxygen atoms in total. The number of ether oxygens (including phenoxy) is 1. The Morgan fingerprint density at radius 3 is 2.42 bits per heavy atom. The van der Waals surface area contributed by atoms with Crippen molar-refractivity contribution in [3.05, 3.63) is 83.9 Å². The number of rotatable bonds is 8. The Bertz CT molecular complexity index is 1510. The van der Waals surface area contributed by atoms with Crippen LogP contribution in [0.4, 0.5) is 5.13 Å². The second-order valence-corrected chi connectivity index (χ2v) is 12.4. The van der Waals surface area contributed by atoms with Crippen molar-refractivity contribution in [3.8, 4) is 5.75 Å². The first-order chi connectivity index (χ1) is 18.4. The number of carbonyl (C=O) groups excluding carboxylic acids is 1. The topological polar surface area (TPSA) is 79.8 Å². The molecule has 9 heteroatoms. The van der Waals surface area contributed by atoms with Crippen LogP contribution in [0.2, 0.25) is 0 Å². The average Bonchev–Trinajstić information content (AvgIpc) is 3.37. The van der Waals surface area contributed by atoms with Crippen molar-refractivity contribution >= 4 is 42.6 Å². The summed E-state index contributed by atoms with van der Waals surface area (Å²) in [6, 6.07) is 22.6. The number of anilines is 1. The van der Waals surface area contributed by atoms with E-state index < -0.39 is 10.0 Å². The van der Waals surface area contributed by atoms with Crippen LogP contribution in [0.1, 0.15) is 30.9 Å². The molecule has 1 fully saturated rings. The number of para-hydroxylation sites is 1. The molecule has 5 rings (SSSR count). The van der Waals surface area contributed by atoms with Gasteiger partial charge < -0.3 is 4.74 Å². The molecule has 0 saturated carbocycles. The lowest BCUT2D eigenvalue weighted by molar-refractivity contribution is -0.123. The van der Waals surface area contributed by atoms with Gasteiger partial charge in [-0.1, -0.05) is 65.4 Å². The monoisotopic (exact) mass is 549 g/mol. The Morgan fingerprint density at radius 2 is 1.74 bits per heavy atom. The molecule has 0 N–H and O–H groups in total. The van der Waals surface area contributed by atoms with Gasteiger partial charge in [0.2, 0.25) is 15.9 Å². The van der Waals surface area contributed by atoms with Crippen LogP contribution in [0.5, 0.6) is 5.75 Å². The number of thiazole rings is 1. The number of fused-ring (bicyclic) bond motifs is 1. The number of aryl methyl sites for hydroxylation is 1. The second-order valence-electron chi connectivity index (χ2n) is 9.43. The fourth-order valence-electron chi connectivity index (χ4n) is 4.73. The lowest BCUT2D eigenvalue weighted by atomic mass is 9.96. The normalized spacial score (nSPS) is 15.0. The summed E-state index contributed by atoms with van der Waals surface area (Å²) in [6.45, 7) is 5.40. The van der Waals surface area contributed by atoms with Crippen LogP contribution in [0, 0.1) is 12.8 Å². The molecule has 0 spiro atoms. The molecule has 3 aromatic carbocycles. The maximum Gasteiger partial charge on any atom is 0.243 e. The van der Waals surface area contributed by atoms with Gasteiger partial charge in [0, 0.05) is 19.0 Å². The zero-order chi connectivity index (χ0) is 26.7. The highest BCUT2D eigenvalue weighted by Gasteiger charge is 2.35. The predicted molar refractivity (Wildman–Crippen MR) is 151 cm³/mol. The summed E-state index contributed by atoms with van der Waals surface area (Å²) in [4.78, 5) is 20.8. The lowest BCUT2D eigenvalue weighted by Crippen LogP contribution is -2.44. The summed E-state index contributed by atoms with van der Waals surface area (Å²) in [5.74, 6) is 0.383. The van der Waals surface area contributed by atoms with Crippen molar-refractivity contribution in [1.82, 2.24) is 9.29 Å². The van der Waals surface area contributed by atoms with E-state index in [0.29, 0.717) is 50.0 Å². The highest BCUT2D eigenvalue weighted by atomic mass is 32.2. The van der Waals surface area contributed by atoms with Gasteiger partial charge in [0.25, 0.3) is 0 Å². The van der Waals surface area contributed by atoms with Crippen LogP contribution in [0.15, 0.2) is 77.7 Å². The van der Waals surface area contributed by atoms with Crippen LogP contribution < -0.4 is 9.64 Å². The van der Waals surface area contributed by atoms with E-state index in [0.717, 1.165) is 21.3 Å². The minimum absolute atomic E-state index is 0.0294. The zero-order valence-corrected chi connectivity index (χ0v) is 23.2. The Balaban J connectivity index is 1.38. The fraction of sp³-hybridized carbons (Fsp3) is 0.310. The largest absolute Gasteiger partial charge is 0.492 e. The van der Waals surface area contributed by atoms with Gasteiger partial charge in [0.05, 0.1) is 22.7 Å². The first kappa shape index (κ1) is 26.3. The molecule has 1 aromatic heterocycles. The summed E-state index contributed by atoms with van der Waals surface area (Å²) in [5.41, 5.74) is 2.76. The van der Waals surface area contributed by atoms with Gasteiger partial charge in [0.15, 0.2) is 5.13 Å². The van der Waals surface area contributed by atoms with Crippen molar-refractivity contribution in [2.24, 2.45) is 5.92 Å². The molecular formula is C29H31N3O4S2. The molecule has 38 heavy (non-hydrogen) atoms. The Morgan fingerprint density at radius 1 is 1.03 bits per heavy atom. The Hall–Kier alpha value is -3.27. The molecule has 1 saturated heterocycles. The number of hydrogen-bond acceptors (Lipinski definition) is 6. The predicted octanol–water partition coefficient (Wildman–Crippen LogP) is 5.64.